The molecule has 0 aliphatic rings. The summed E-state index contributed by atoms with van der Waals surface area (Å²) in [7, 11) is -3.50. The Morgan fingerprint density at radius 2 is 1.56 bits per heavy atom. The van der Waals surface area contributed by atoms with Crippen molar-refractivity contribution < 1.29 is 47.3 Å². The van der Waals surface area contributed by atoms with Crippen molar-refractivity contribution >= 4 is 56.3 Å². The van der Waals surface area contributed by atoms with Crippen molar-refractivity contribution in [3.63, 3.8) is 0 Å². The summed E-state index contributed by atoms with van der Waals surface area (Å²) in [6.45, 7) is 15.8. The van der Waals surface area contributed by atoms with Gasteiger partial charge in [-0.05, 0) is 60.2 Å². The predicted octanol–water partition coefficient (Wildman–Crippen LogP) is 6.54. The molecule has 14 nitrogen and oxygen atoms in total. The average molecular weight is 950 g/mol. The number of amides is 4. The number of benzene rings is 2. The van der Waals surface area contributed by atoms with Crippen molar-refractivity contribution in [2.24, 2.45) is 11.1 Å². The standard InChI is InChI=1S/C45H67ClF2N6O8Si2/c1-45(2,3)41(38-26-32(34-27-33(47)14-15-35(34)48)29-53(38)28-31-12-10-9-11-13-31)54(40(57)30-55)21-18-36(49)42(58)51-20-19-50-39(56)17-16-37(43(59)61-23-25-64(7,8)46)52-44(60)62-22-24-63(4,5)6/h9-15,26-27,29,36-37,41,55H,16-25,28,30,49H2,1-8H3,(H,50,56)(H,51,58)(H,52,60)/t36-,37-,41-/m0/s1. The zero-order valence-corrected chi connectivity index (χ0v) is 41.2. The van der Waals surface area contributed by atoms with Gasteiger partial charge in [0.25, 0.3) is 0 Å². The van der Waals surface area contributed by atoms with Crippen LogP contribution in [0.5, 0.6) is 0 Å². The fourth-order valence-electron chi connectivity index (χ4n) is 6.77. The van der Waals surface area contributed by atoms with E-state index >= 15 is 4.39 Å². The summed E-state index contributed by atoms with van der Waals surface area (Å²) in [6, 6.07) is 12.7. The highest BCUT2D eigenvalue weighted by atomic mass is 35.6. The Kier molecular flexibility index (Phi) is 20.6. The summed E-state index contributed by atoms with van der Waals surface area (Å²) in [5.74, 6) is -3.54. The van der Waals surface area contributed by atoms with Crippen LogP contribution >= 0.6 is 11.1 Å². The first-order chi connectivity index (χ1) is 29.9. The third kappa shape index (κ3) is 18.5. The van der Waals surface area contributed by atoms with Crippen LogP contribution in [-0.4, -0.2) is 111 Å². The van der Waals surface area contributed by atoms with Crippen molar-refractivity contribution in [2.45, 2.75) is 110 Å². The van der Waals surface area contributed by atoms with Gasteiger partial charge in [-0.2, -0.15) is 11.1 Å². The first-order valence-electron chi connectivity index (χ1n) is 21.6. The van der Waals surface area contributed by atoms with Gasteiger partial charge in [-0.25, -0.2) is 18.4 Å². The van der Waals surface area contributed by atoms with Crippen LogP contribution in [0.3, 0.4) is 0 Å². The van der Waals surface area contributed by atoms with Gasteiger partial charge in [0.05, 0.1) is 25.3 Å². The molecule has 2 aromatic carbocycles. The van der Waals surface area contributed by atoms with Crippen LogP contribution in [0.15, 0.2) is 60.8 Å². The first-order valence-corrected chi connectivity index (χ1v) is 29.5. The van der Waals surface area contributed by atoms with Crippen molar-refractivity contribution in [3.05, 3.63) is 83.7 Å². The minimum absolute atomic E-state index is 0.00305. The van der Waals surface area contributed by atoms with Gasteiger partial charge < -0.3 is 45.7 Å². The Balaban J connectivity index is 1.65. The average Bonchev–Trinajstić information content (AvgIpc) is 3.60. The summed E-state index contributed by atoms with van der Waals surface area (Å²) >= 11 is 6.35. The third-order valence-electron chi connectivity index (χ3n) is 10.3. The summed E-state index contributed by atoms with van der Waals surface area (Å²) in [4.78, 5) is 66.4. The van der Waals surface area contributed by atoms with Crippen molar-refractivity contribution in [1.82, 2.24) is 25.4 Å². The minimum atomic E-state index is -2.02. The van der Waals surface area contributed by atoms with E-state index in [1.165, 1.54) is 4.90 Å². The SMILES string of the molecule is CC(C)(C)[C@H](c1cc(-c2cc(F)ccc2F)cn1Cc1ccccc1)N(CC[C@H](N)C(=O)NCCNC(=O)CC[C@H](NC(=O)OCC[Si](C)(C)C)C(=O)OCC[Si](C)(C)Cl)C(=O)CO. The van der Waals surface area contributed by atoms with Crippen LogP contribution in [-0.2, 0) is 35.2 Å². The maximum absolute atomic E-state index is 15.1. The molecule has 0 saturated heterocycles. The second-order valence-electron chi connectivity index (χ2n) is 18.8. The molecule has 3 aromatic rings. The normalized spacial score (nSPS) is 13.3. The molecule has 1 aromatic heterocycles. The molecular weight excluding hydrogens is 882 g/mol. The zero-order valence-electron chi connectivity index (χ0n) is 38.4. The lowest BCUT2D eigenvalue weighted by Crippen LogP contribution is -2.48. The number of carbonyl (C=O) groups excluding carboxylic acids is 5. The number of aromatic nitrogens is 1. The van der Waals surface area contributed by atoms with Gasteiger partial charge in [0.2, 0.25) is 17.7 Å². The number of rotatable bonds is 24. The van der Waals surface area contributed by atoms with Crippen LogP contribution in [0.1, 0.15) is 57.3 Å². The van der Waals surface area contributed by atoms with Crippen LogP contribution in [0.25, 0.3) is 11.1 Å². The number of esters is 1. The van der Waals surface area contributed by atoms with Crippen molar-refractivity contribution in [3.8, 4) is 11.1 Å². The Morgan fingerprint density at radius 3 is 2.19 bits per heavy atom. The lowest BCUT2D eigenvalue weighted by atomic mass is 9.82. The molecule has 4 amide bonds. The first kappa shape index (κ1) is 53.7. The highest BCUT2D eigenvalue weighted by Gasteiger charge is 2.37. The monoisotopic (exact) mass is 948 g/mol. The zero-order chi connectivity index (χ0) is 47.8. The lowest BCUT2D eigenvalue weighted by Gasteiger charge is -2.41. The van der Waals surface area contributed by atoms with Gasteiger partial charge in [-0.3, -0.25) is 14.4 Å². The van der Waals surface area contributed by atoms with Crippen LogP contribution < -0.4 is 21.7 Å². The maximum Gasteiger partial charge on any atom is 0.407 e. The van der Waals surface area contributed by atoms with Crippen LogP contribution in [0.4, 0.5) is 13.6 Å². The summed E-state index contributed by atoms with van der Waals surface area (Å²) < 4.78 is 42.0. The summed E-state index contributed by atoms with van der Waals surface area (Å²) in [5.41, 5.74) is 7.61. The lowest BCUT2D eigenvalue weighted by molar-refractivity contribution is -0.145. The summed E-state index contributed by atoms with van der Waals surface area (Å²) in [6.07, 6.45) is 0.715. The number of nitrogens with two attached hydrogens (primary N) is 1. The second kappa shape index (κ2) is 24.6. The van der Waals surface area contributed by atoms with E-state index in [9.17, 15) is 33.5 Å². The molecular formula is C45H67ClF2N6O8Si2. The Hall–Kier alpha value is -4.63. The van der Waals surface area contributed by atoms with E-state index < -0.39 is 87.0 Å². The molecule has 64 heavy (non-hydrogen) atoms. The topological polar surface area (TPSA) is 194 Å². The Morgan fingerprint density at radius 1 is 0.906 bits per heavy atom. The largest absolute Gasteiger partial charge is 0.464 e. The molecule has 3 rings (SSSR count). The predicted molar refractivity (Wildman–Crippen MR) is 250 cm³/mol. The van der Waals surface area contributed by atoms with Gasteiger partial charge in [-0.15, -0.1) is 0 Å². The van der Waals surface area contributed by atoms with Crippen molar-refractivity contribution in [1.29, 1.82) is 0 Å². The molecule has 0 saturated carbocycles. The number of hydrogen-bond donors (Lipinski definition) is 5. The molecule has 354 valence electrons. The smallest absolute Gasteiger partial charge is 0.407 e. The fraction of sp³-hybridized carbons (Fsp3) is 0.533. The van der Waals surface area contributed by atoms with Gasteiger partial charge >= 0.3 is 12.1 Å². The number of hydrogen-bond acceptors (Lipinski definition) is 9. The van der Waals surface area contributed by atoms with E-state index in [4.69, 9.17) is 26.3 Å². The Bertz CT molecular complexity index is 2020. The van der Waals surface area contributed by atoms with Gasteiger partial charge in [0, 0.05) is 63.7 Å². The molecule has 0 bridgehead atoms. The molecule has 6 N–H and O–H groups in total. The molecule has 0 radical (unpaired) electrons. The van der Waals surface area contributed by atoms with E-state index in [-0.39, 0.29) is 57.7 Å². The highest BCUT2D eigenvalue weighted by Crippen LogP contribution is 2.41. The fourth-order valence-corrected chi connectivity index (χ4v) is 8.30. The van der Waals surface area contributed by atoms with Gasteiger partial charge in [0.15, 0.2) is 7.38 Å². The van der Waals surface area contributed by atoms with E-state index in [2.05, 4.69) is 35.6 Å². The Labute approximate surface area is 382 Å². The quantitative estimate of drug-likeness (QED) is 0.0287. The molecule has 0 spiro atoms. The number of aliphatic hydroxyl groups excluding tert-OH is 1. The third-order valence-corrected chi connectivity index (χ3v) is 13.9. The molecule has 0 aliphatic carbocycles. The number of ether oxygens (including phenoxy) is 2. The molecule has 1 heterocycles. The molecule has 19 heteroatoms. The number of nitrogens with zero attached hydrogens (tertiary/aromatic N) is 2. The minimum Gasteiger partial charge on any atom is -0.464 e. The highest BCUT2D eigenvalue weighted by molar-refractivity contribution is 7.19. The second-order valence-corrected chi connectivity index (χ2v) is 31.4. The number of carbonyl (C=O) groups is 5. The molecule has 3 atom stereocenters. The maximum atomic E-state index is 15.1. The number of alkyl carbamates (subject to hydrolysis) is 1. The molecule has 0 fully saturated rings. The van der Waals surface area contributed by atoms with Crippen LogP contribution in [0.2, 0.25) is 44.8 Å². The number of nitrogens with one attached hydrogen (secondary N) is 3. The van der Waals surface area contributed by atoms with E-state index in [0.29, 0.717) is 23.8 Å². The van der Waals surface area contributed by atoms with Gasteiger partial charge in [-0.1, -0.05) is 83.8 Å². The molecule has 0 aliphatic heterocycles. The molecule has 0 unspecified atom stereocenters. The van der Waals surface area contributed by atoms with Crippen molar-refractivity contribution in [2.75, 3.05) is 39.5 Å². The van der Waals surface area contributed by atoms with Crippen LogP contribution in [0, 0.1) is 17.0 Å². The summed E-state index contributed by atoms with van der Waals surface area (Å²) in [5, 5.41) is 18.0. The number of halogens is 3. The van der Waals surface area contributed by atoms with E-state index in [0.717, 1.165) is 29.8 Å². The van der Waals surface area contributed by atoms with E-state index in [1.807, 2.05) is 68.8 Å². The van der Waals surface area contributed by atoms with E-state index in [1.54, 1.807) is 12.3 Å². The number of aliphatic hydroxyl groups is 1. The van der Waals surface area contributed by atoms with Gasteiger partial charge in [0.1, 0.15) is 24.3 Å².